The van der Waals surface area contributed by atoms with Gasteiger partial charge in [0.1, 0.15) is 6.07 Å². The monoisotopic (exact) mass is 323 g/mol. The van der Waals surface area contributed by atoms with Crippen LogP contribution in [0.25, 0.3) is 0 Å². The standard InChI is InChI=1S/C12H6BrNO3S/c13-8-1-3-10(7(5-8)6-14)18-11-4-2-9(17-11)12(15)16/h1-5H,(H,15,16). The number of carbonyl (C=O) groups is 1. The normalized spacial score (nSPS) is 10.0. The van der Waals surface area contributed by atoms with Crippen LogP contribution in [0.15, 0.2) is 49.2 Å². The average molecular weight is 324 g/mol. The van der Waals surface area contributed by atoms with Gasteiger partial charge in [-0.15, -0.1) is 0 Å². The third-order valence-electron chi connectivity index (χ3n) is 2.06. The van der Waals surface area contributed by atoms with Gasteiger partial charge >= 0.3 is 5.97 Å². The molecule has 1 aromatic heterocycles. The number of carboxylic acid groups (broad SMARTS) is 1. The zero-order chi connectivity index (χ0) is 13.1. The Morgan fingerprint density at radius 1 is 1.39 bits per heavy atom. The molecule has 2 rings (SSSR count). The predicted molar refractivity (Wildman–Crippen MR) is 68.6 cm³/mol. The molecule has 0 saturated heterocycles. The molecule has 0 saturated carbocycles. The Morgan fingerprint density at radius 2 is 2.17 bits per heavy atom. The van der Waals surface area contributed by atoms with Gasteiger partial charge < -0.3 is 9.52 Å². The van der Waals surface area contributed by atoms with Crippen LogP contribution in [-0.4, -0.2) is 11.1 Å². The van der Waals surface area contributed by atoms with E-state index in [4.69, 9.17) is 14.8 Å². The van der Waals surface area contributed by atoms with Crippen molar-refractivity contribution in [2.45, 2.75) is 9.99 Å². The minimum atomic E-state index is -1.11. The third-order valence-corrected chi connectivity index (χ3v) is 3.55. The zero-order valence-corrected chi connectivity index (χ0v) is 11.3. The fourth-order valence-electron chi connectivity index (χ4n) is 1.28. The van der Waals surface area contributed by atoms with Crippen molar-refractivity contribution in [2.75, 3.05) is 0 Å². The number of benzene rings is 1. The number of nitriles is 1. The van der Waals surface area contributed by atoms with Gasteiger partial charge in [-0.25, -0.2) is 4.79 Å². The van der Waals surface area contributed by atoms with Gasteiger partial charge in [0.25, 0.3) is 0 Å². The first-order valence-corrected chi connectivity index (χ1v) is 6.42. The molecule has 0 aliphatic heterocycles. The highest BCUT2D eigenvalue weighted by Gasteiger charge is 2.11. The highest BCUT2D eigenvalue weighted by Crippen LogP contribution is 2.32. The number of furan rings is 1. The zero-order valence-electron chi connectivity index (χ0n) is 8.88. The predicted octanol–water partition coefficient (Wildman–Crippen LogP) is 3.76. The Hall–Kier alpha value is -1.71. The Kier molecular flexibility index (Phi) is 3.75. The lowest BCUT2D eigenvalue weighted by molar-refractivity contribution is 0.0656. The van der Waals surface area contributed by atoms with Crippen LogP contribution in [0.5, 0.6) is 0 Å². The maximum absolute atomic E-state index is 10.7. The fraction of sp³-hybridized carbons (Fsp3) is 0. The highest BCUT2D eigenvalue weighted by atomic mass is 79.9. The van der Waals surface area contributed by atoms with E-state index in [2.05, 4.69) is 22.0 Å². The Morgan fingerprint density at radius 3 is 2.78 bits per heavy atom. The number of carboxylic acids is 1. The number of hydrogen-bond acceptors (Lipinski definition) is 4. The minimum absolute atomic E-state index is 0.117. The van der Waals surface area contributed by atoms with Gasteiger partial charge in [0.15, 0.2) is 5.09 Å². The van der Waals surface area contributed by atoms with E-state index in [0.29, 0.717) is 15.6 Å². The second-order valence-corrected chi connectivity index (χ2v) is 5.24. The third kappa shape index (κ3) is 2.75. The molecule has 6 heteroatoms. The molecular weight excluding hydrogens is 318 g/mol. The van der Waals surface area contributed by atoms with Crippen LogP contribution < -0.4 is 0 Å². The molecule has 1 heterocycles. The molecule has 2 aromatic rings. The summed E-state index contributed by atoms with van der Waals surface area (Å²) in [5.41, 5.74) is 0.502. The maximum Gasteiger partial charge on any atom is 0.371 e. The van der Waals surface area contributed by atoms with Gasteiger partial charge in [0, 0.05) is 9.37 Å². The topological polar surface area (TPSA) is 74.2 Å². The largest absolute Gasteiger partial charge is 0.475 e. The number of nitrogens with zero attached hydrogens (tertiary/aromatic N) is 1. The lowest BCUT2D eigenvalue weighted by Gasteiger charge is -2.01. The van der Waals surface area contributed by atoms with E-state index in [1.54, 1.807) is 18.2 Å². The Labute approximate surface area is 115 Å². The first-order chi connectivity index (χ1) is 8.60. The van der Waals surface area contributed by atoms with Crippen LogP contribution in [0.2, 0.25) is 0 Å². The smallest absolute Gasteiger partial charge is 0.371 e. The molecule has 1 aromatic carbocycles. The van der Waals surface area contributed by atoms with E-state index in [0.717, 1.165) is 4.47 Å². The summed E-state index contributed by atoms with van der Waals surface area (Å²) in [5.74, 6) is -1.23. The van der Waals surface area contributed by atoms with Crippen molar-refractivity contribution in [1.82, 2.24) is 0 Å². The Bertz CT molecular complexity index is 645. The summed E-state index contributed by atoms with van der Waals surface area (Å²) in [6, 6.07) is 10.3. The molecule has 0 aliphatic carbocycles. The summed E-state index contributed by atoms with van der Waals surface area (Å²) >= 11 is 4.50. The fourth-order valence-corrected chi connectivity index (χ4v) is 2.47. The number of hydrogen-bond donors (Lipinski definition) is 1. The van der Waals surface area contributed by atoms with Gasteiger partial charge in [0.2, 0.25) is 5.76 Å². The van der Waals surface area contributed by atoms with Gasteiger partial charge in [-0.3, -0.25) is 0 Å². The van der Waals surface area contributed by atoms with Crippen molar-refractivity contribution in [3.8, 4) is 6.07 Å². The molecule has 0 atom stereocenters. The van der Waals surface area contributed by atoms with Crippen LogP contribution in [0.4, 0.5) is 0 Å². The van der Waals surface area contributed by atoms with Crippen LogP contribution >= 0.6 is 27.7 Å². The van der Waals surface area contributed by atoms with Crippen molar-refractivity contribution in [2.24, 2.45) is 0 Å². The van der Waals surface area contributed by atoms with E-state index in [1.165, 1.54) is 17.8 Å². The highest BCUT2D eigenvalue weighted by molar-refractivity contribution is 9.10. The molecule has 0 aliphatic rings. The summed E-state index contributed by atoms with van der Waals surface area (Å²) in [5, 5.41) is 18.2. The van der Waals surface area contributed by atoms with Crippen molar-refractivity contribution >= 4 is 33.7 Å². The number of halogens is 1. The molecule has 0 amide bonds. The van der Waals surface area contributed by atoms with Crippen molar-refractivity contribution in [1.29, 1.82) is 5.26 Å². The molecule has 0 unspecified atom stereocenters. The summed E-state index contributed by atoms with van der Waals surface area (Å²) in [6.45, 7) is 0. The van der Waals surface area contributed by atoms with E-state index in [9.17, 15) is 4.79 Å². The number of aromatic carboxylic acids is 1. The first-order valence-electron chi connectivity index (χ1n) is 4.81. The minimum Gasteiger partial charge on any atom is -0.475 e. The molecule has 1 N–H and O–H groups in total. The second kappa shape index (κ2) is 5.29. The lowest BCUT2D eigenvalue weighted by Crippen LogP contribution is -1.91. The van der Waals surface area contributed by atoms with Gasteiger partial charge in [-0.1, -0.05) is 27.7 Å². The van der Waals surface area contributed by atoms with Crippen LogP contribution in [0, 0.1) is 11.3 Å². The SMILES string of the molecule is N#Cc1cc(Br)ccc1Sc1ccc(C(=O)O)o1. The van der Waals surface area contributed by atoms with E-state index < -0.39 is 5.97 Å². The number of rotatable bonds is 3. The van der Waals surface area contributed by atoms with Crippen molar-refractivity contribution in [3.05, 3.63) is 46.1 Å². The maximum atomic E-state index is 10.7. The van der Waals surface area contributed by atoms with Gasteiger partial charge in [0.05, 0.1) is 5.56 Å². The van der Waals surface area contributed by atoms with E-state index in [-0.39, 0.29) is 5.76 Å². The summed E-state index contributed by atoms with van der Waals surface area (Å²) in [7, 11) is 0. The molecule has 90 valence electrons. The molecule has 0 fully saturated rings. The quantitative estimate of drug-likeness (QED) is 0.930. The summed E-state index contributed by atoms with van der Waals surface area (Å²) in [4.78, 5) is 11.4. The average Bonchev–Trinajstić information content (AvgIpc) is 2.80. The molecule has 0 spiro atoms. The summed E-state index contributed by atoms with van der Waals surface area (Å²) < 4.78 is 5.93. The first kappa shape index (κ1) is 12.7. The molecular formula is C12H6BrNO3S. The lowest BCUT2D eigenvalue weighted by atomic mass is 10.2. The van der Waals surface area contributed by atoms with Gasteiger partial charge in [-0.2, -0.15) is 5.26 Å². The molecule has 18 heavy (non-hydrogen) atoms. The molecule has 0 radical (unpaired) electrons. The Balaban J connectivity index is 2.28. The summed E-state index contributed by atoms with van der Waals surface area (Å²) in [6.07, 6.45) is 0. The van der Waals surface area contributed by atoms with Crippen molar-refractivity contribution in [3.63, 3.8) is 0 Å². The molecule has 4 nitrogen and oxygen atoms in total. The van der Waals surface area contributed by atoms with E-state index in [1.807, 2.05) is 6.07 Å². The van der Waals surface area contributed by atoms with Crippen LogP contribution in [0.1, 0.15) is 16.1 Å². The van der Waals surface area contributed by atoms with Crippen molar-refractivity contribution < 1.29 is 14.3 Å². The second-order valence-electron chi connectivity index (χ2n) is 3.28. The van der Waals surface area contributed by atoms with Crippen LogP contribution in [0.3, 0.4) is 0 Å². The van der Waals surface area contributed by atoms with Crippen LogP contribution in [-0.2, 0) is 0 Å². The van der Waals surface area contributed by atoms with Gasteiger partial charge in [-0.05, 0) is 30.3 Å². The van der Waals surface area contributed by atoms with E-state index >= 15 is 0 Å². The molecule has 0 bridgehead atoms.